The highest BCUT2D eigenvalue weighted by Gasteiger charge is 2.20. The molecule has 138 valence electrons. The molecular weight excluding hydrogens is 334 g/mol. The van der Waals surface area contributed by atoms with E-state index in [2.05, 4.69) is 21.9 Å². The number of aryl methyl sites for hydroxylation is 1. The Balaban J connectivity index is 2.63. The van der Waals surface area contributed by atoms with Crippen LogP contribution >= 0.6 is 0 Å². The number of aliphatic hydroxyl groups is 1. The zero-order chi connectivity index (χ0) is 19.3. The van der Waals surface area contributed by atoms with Crippen LogP contribution in [0, 0.1) is 0 Å². The van der Waals surface area contributed by atoms with Crippen molar-refractivity contribution < 1.29 is 9.90 Å². The van der Waals surface area contributed by atoms with Gasteiger partial charge in [0.05, 0.1) is 6.61 Å². The number of aliphatic hydroxyl groups excluding tert-OH is 1. The Morgan fingerprint density at radius 3 is 2.42 bits per heavy atom. The minimum atomic E-state index is -0.766. The third-order valence-corrected chi connectivity index (χ3v) is 3.77. The number of hydrogen-bond donors (Lipinski definition) is 4. The molecule has 0 aliphatic heterocycles. The predicted molar refractivity (Wildman–Crippen MR) is 102 cm³/mol. The normalized spacial score (nSPS) is 10.4. The van der Waals surface area contributed by atoms with E-state index in [1.54, 1.807) is 11.9 Å². The van der Waals surface area contributed by atoms with Crippen LogP contribution in [-0.4, -0.2) is 47.1 Å². The average Bonchev–Trinajstić information content (AvgIpc) is 2.61. The zero-order valence-electron chi connectivity index (χ0n) is 14.8. The fourth-order valence-electron chi connectivity index (χ4n) is 2.38. The number of anilines is 2. The molecule has 2 rings (SSSR count). The van der Waals surface area contributed by atoms with E-state index in [1.807, 2.05) is 24.3 Å². The Morgan fingerprint density at radius 2 is 1.88 bits per heavy atom. The Kier molecular flexibility index (Phi) is 6.07. The van der Waals surface area contributed by atoms with Crippen LogP contribution in [0.5, 0.6) is 0 Å². The molecule has 9 heteroatoms. The van der Waals surface area contributed by atoms with Gasteiger partial charge >= 0.3 is 5.91 Å². The van der Waals surface area contributed by atoms with Crippen molar-refractivity contribution in [2.75, 3.05) is 30.8 Å². The summed E-state index contributed by atoms with van der Waals surface area (Å²) >= 11 is 0. The van der Waals surface area contributed by atoms with Crippen molar-refractivity contribution in [2.24, 2.45) is 16.5 Å². The molecule has 7 N–H and O–H groups in total. The lowest BCUT2D eigenvalue weighted by Crippen LogP contribution is -2.26. The molecule has 0 radical (unpaired) electrons. The van der Waals surface area contributed by atoms with E-state index in [9.17, 15) is 9.90 Å². The Hall–Kier alpha value is -3.20. The molecule has 1 heterocycles. The first-order chi connectivity index (χ1) is 12.4. The summed E-state index contributed by atoms with van der Waals surface area (Å²) in [6, 6.07) is 7.73. The molecule has 1 aromatic carbocycles. The molecule has 9 nitrogen and oxygen atoms in total. The highest BCUT2D eigenvalue weighted by atomic mass is 16.3. The molecule has 2 aromatic rings. The van der Waals surface area contributed by atoms with Crippen LogP contribution in [0.25, 0.3) is 11.3 Å². The largest absolute Gasteiger partial charge is 0.395 e. The van der Waals surface area contributed by atoms with Crippen molar-refractivity contribution in [3.05, 3.63) is 35.5 Å². The summed E-state index contributed by atoms with van der Waals surface area (Å²) < 4.78 is 0. The van der Waals surface area contributed by atoms with Crippen LogP contribution in [0.15, 0.2) is 29.3 Å². The van der Waals surface area contributed by atoms with Gasteiger partial charge in [0.15, 0.2) is 23.3 Å². The van der Waals surface area contributed by atoms with Gasteiger partial charge < -0.3 is 27.2 Å². The molecule has 0 saturated heterocycles. The van der Waals surface area contributed by atoms with Crippen molar-refractivity contribution in [3.8, 4) is 11.3 Å². The van der Waals surface area contributed by atoms with Crippen LogP contribution in [0.1, 0.15) is 23.0 Å². The Labute approximate surface area is 151 Å². The summed E-state index contributed by atoms with van der Waals surface area (Å²) in [5.41, 5.74) is 18.7. The smallest absolute Gasteiger partial charge is 0.302 e. The summed E-state index contributed by atoms with van der Waals surface area (Å²) in [6.07, 6.45) is 0.902. The predicted octanol–water partition coefficient (Wildman–Crippen LogP) is 0.130. The highest BCUT2D eigenvalue weighted by molar-refractivity contribution is 6.03. The van der Waals surface area contributed by atoms with Gasteiger partial charge in [-0.25, -0.2) is 9.97 Å². The molecular formula is C17H23N7O2. The van der Waals surface area contributed by atoms with E-state index in [-0.39, 0.29) is 24.1 Å². The molecule has 0 fully saturated rings. The lowest BCUT2D eigenvalue weighted by atomic mass is 10.1. The second-order valence-electron chi connectivity index (χ2n) is 5.67. The van der Waals surface area contributed by atoms with Gasteiger partial charge in [-0.2, -0.15) is 4.99 Å². The fraction of sp³-hybridized carbons (Fsp3) is 0.294. The van der Waals surface area contributed by atoms with Crippen molar-refractivity contribution in [2.45, 2.75) is 13.3 Å². The van der Waals surface area contributed by atoms with Crippen LogP contribution in [0.3, 0.4) is 0 Å². The van der Waals surface area contributed by atoms with Gasteiger partial charge in [-0.05, 0) is 12.0 Å². The molecule has 1 aromatic heterocycles. The van der Waals surface area contributed by atoms with E-state index >= 15 is 0 Å². The first kappa shape index (κ1) is 19.1. The van der Waals surface area contributed by atoms with E-state index in [0.717, 1.165) is 12.0 Å². The SMILES string of the molecule is CCc1ccc(-c2nc(C(=O)N=C(N)N)c(N)nc2N(C)CCO)cc1. The first-order valence-electron chi connectivity index (χ1n) is 8.10. The number of aliphatic imine (C=N–C) groups is 1. The van der Waals surface area contributed by atoms with E-state index in [1.165, 1.54) is 5.56 Å². The molecule has 0 bridgehead atoms. The number of nitrogen functional groups attached to an aromatic ring is 1. The van der Waals surface area contributed by atoms with E-state index < -0.39 is 5.91 Å². The van der Waals surface area contributed by atoms with Gasteiger partial charge in [0.2, 0.25) is 0 Å². The summed E-state index contributed by atoms with van der Waals surface area (Å²) in [5.74, 6) is -0.792. The second-order valence-corrected chi connectivity index (χ2v) is 5.67. The summed E-state index contributed by atoms with van der Waals surface area (Å²) in [6.45, 7) is 2.32. The summed E-state index contributed by atoms with van der Waals surface area (Å²) in [7, 11) is 1.75. The van der Waals surface area contributed by atoms with Crippen molar-refractivity contribution in [1.82, 2.24) is 9.97 Å². The molecule has 26 heavy (non-hydrogen) atoms. The number of nitrogens with zero attached hydrogens (tertiary/aromatic N) is 4. The van der Waals surface area contributed by atoms with E-state index in [4.69, 9.17) is 17.2 Å². The second kappa shape index (κ2) is 8.26. The first-order valence-corrected chi connectivity index (χ1v) is 8.10. The maximum atomic E-state index is 12.2. The highest BCUT2D eigenvalue weighted by Crippen LogP contribution is 2.29. The van der Waals surface area contributed by atoms with Crippen LogP contribution in [0.4, 0.5) is 11.6 Å². The zero-order valence-corrected chi connectivity index (χ0v) is 14.8. The van der Waals surface area contributed by atoms with Crippen molar-refractivity contribution in [1.29, 1.82) is 0 Å². The standard InChI is InChI=1S/C17H23N7O2/c1-3-10-4-6-11(7-5-10)12-15(24(2)8-9-25)22-14(18)13(21-12)16(26)23-17(19)20/h4-7,25H,3,8-9H2,1-2H3,(H2,18,22)(H4,19,20,23,26). The lowest BCUT2D eigenvalue weighted by Gasteiger charge is -2.21. The minimum Gasteiger partial charge on any atom is -0.395 e. The van der Waals surface area contributed by atoms with Crippen LogP contribution in [-0.2, 0) is 6.42 Å². The number of hydrogen-bond acceptors (Lipinski definition) is 6. The van der Waals surface area contributed by atoms with Crippen molar-refractivity contribution >= 4 is 23.5 Å². The topological polar surface area (TPSA) is 157 Å². The number of aromatic nitrogens is 2. The molecule has 0 unspecified atom stereocenters. The quantitative estimate of drug-likeness (QED) is 0.420. The number of amides is 1. The van der Waals surface area contributed by atoms with Crippen LogP contribution < -0.4 is 22.1 Å². The van der Waals surface area contributed by atoms with Gasteiger partial charge in [0.1, 0.15) is 5.69 Å². The number of carbonyl (C=O) groups excluding carboxylic acids is 1. The Morgan fingerprint density at radius 1 is 1.23 bits per heavy atom. The fourth-order valence-corrected chi connectivity index (χ4v) is 2.38. The van der Waals surface area contributed by atoms with Gasteiger partial charge in [-0.1, -0.05) is 31.2 Å². The van der Waals surface area contributed by atoms with Gasteiger partial charge in [-0.3, -0.25) is 4.79 Å². The molecule has 0 saturated carbocycles. The van der Waals surface area contributed by atoms with Crippen molar-refractivity contribution in [3.63, 3.8) is 0 Å². The van der Waals surface area contributed by atoms with Gasteiger partial charge in [0, 0.05) is 19.2 Å². The summed E-state index contributed by atoms with van der Waals surface area (Å²) in [5, 5.41) is 9.22. The number of carbonyl (C=O) groups is 1. The lowest BCUT2D eigenvalue weighted by molar-refractivity contribution is 0.0998. The molecule has 0 atom stereocenters. The van der Waals surface area contributed by atoms with Gasteiger partial charge in [0.25, 0.3) is 0 Å². The number of benzene rings is 1. The third kappa shape index (κ3) is 4.25. The molecule has 0 aliphatic carbocycles. The minimum absolute atomic E-state index is 0.0685. The molecule has 1 amide bonds. The monoisotopic (exact) mass is 357 g/mol. The molecule has 0 aliphatic rings. The van der Waals surface area contributed by atoms with Gasteiger partial charge in [-0.15, -0.1) is 0 Å². The summed E-state index contributed by atoms with van der Waals surface area (Å²) in [4.78, 5) is 26.0. The number of nitrogens with two attached hydrogens (primary N) is 3. The Bertz CT molecular complexity index is 815. The number of guanidine groups is 1. The number of likely N-dealkylation sites (N-methyl/N-ethyl adjacent to an activating group) is 1. The third-order valence-electron chi connectivity index (χ3n) is 3.77. The van der Waals surface area contributed by atoms with E-state index in [0.29, 0.717) is 18.1 Å². The average molecular weight is 357 g/mol. The molecule has 0 spiro atoms. The maximum absolute atomic E-state index is 12.2. The number of rotatable bonds is 6. The maximum Gasteiger partial charge on any atom is 0.302 e. The van der Waals surface area contributed by atoms with Crippen LogP contribution in [0.2, 0.25) is 0 Å².